The van der Waals surface area contributed by atoms with Gasteiger partial charge in [0.1, 0.15) is 29.6 Å². The van der Waals surface area contributed by atoms with Crippen LogP contribution in [0.15, 0.2) is 36.9 Å². The van der Waals surface area contributed by atoms with Crippen LogP contribution < -0.4 is 14.2 Å². The number of hydrogen-bond acceptors (Lipinski definition) is 5. The van der Waals surface area contributed by atoms with Gasteiger partial charge in [-0.1, -0.05) is 26.0 Å². The average molecular weight is 368 g/mol. The highest BCUT2D eigenvalue weighted by Crippen LogP contribution is 2.42. The molecule has 142 valence electrons. The maximum absolute atomic E-state index is 13.2. The third-order valence-corrected chi connectivity index (χ3v) is 4.57. The minimum atomic E-state index is -0.272. The van der Waals surface area contributed by atoms with Gasteiger partial charge in [-0.05, 0) is 30.2 Å². The van der Waals surface area contributed by atoms with E-state index in [1.165, 1.54) is 6.07 Å². The van der Waals surface area contributed by atoms with Gasteiger partial charge in [0, 0.05) is 18.1 Å². The van der Waals surface area contributed by atoms with Crippen LogP contribution in [0, 0.1) is 0 Å². The third-order valence-electron chi connectivity index (χ3n) is 4.57. The lowest BCUT2D eigenvalue weighted by Crippen LogP contribution is -2.18. The zero-order valence-corrected chi connectivity index (χ0v) is 15.7. The first kappa shape index (κ1) is 18.8. The molecule has 0 fully saturated rings. The van der Waals surface area contributed by atoms with Crippen LogP contribution in [0.3, 0.4) is 0 Å². The Hall–Kier alpha value is -2.95. The minimum absolute atomic E-state index is 0.0472. The van der Waals surface area contributed by atoms with E-state index in [2.05, 4.69) is 13.5 Å². The summed E-state index contributed by atoms with van der Waals surface area (Å²) < 4.78 is 16.9. The lowest BCUT2D eigenvalue weighted by Gasteiger charge is -2.24. The highest BCUT2D eigenvalue weighted by Gasteiger charge is 2.32. The number of aromatic hydroxyl groups is 1. The molecule has 27 heavy (non-hydrogen) atoms. The smallest absolute Gasteiger partial charge is 0.201 e. The van der Waals surface area contributed by atoms with Crippen LogP contribution in [0.5, 0.6) is 23.0 Å². The second kappa shape index (κ2) is 8.16. The van der Waals surface area contributed by atoms with Gasteiger partial charge in [-0.3, -0.25) is 4.79 Å². The van der Waals surface area contributed by atoms with Crippen LogP contribution in [-0.4, -0.2) is 31.2 Å². The molecule has 1 N–H and O–H groups in total. The van der Waals surface area contributed by atoms with Crippen molar-refractivity contribution in [1.29, 1.82) is 0 Å². The Balaban J connectivity index is 2.09. The van der Waals surface area contributed by atoms with Gasteiger partial charge in [0.05, 0.1) is 24.8 Å². The number of carbonyl (C=O) groups is 1. The Morgan fingerprint density at radius 1 is 1.19 bits per heavy atom. The van der Waals surface area contributed by atoms with Crippen molar-refractivity contribution >= 4 is 5.78 Å². The third kappa shape index (κ3) is 3.63. The summed E-state index contributed by atoms with van der Waals surface area (Å²) in [5.74, 6) is 1.35. The zero-order chi connectivity index (χ0) is 19.4. The molecular formula is C22H24O5. The van der Waals surface area contributed by atoms with Crippen molar-refractivity contribution in [2.24, 2.45) is 0 Å². The molecule has 2 aromatic carbocycles. The first-order valence-electron chi connectivity index (χ1n) is 9.07. The number of phenolic OH excluding ortho intramolecular Hbond substituents is 1. The Morgan fingerprint density at radius 2 is 2.00 bits per heavy atom. The van der Waals surface area contributed by atoms with Gasteiger partial charge in [0.2, 0.25) is 5.78 Å². The van der Waals surface area contributed by atoms with Crippen molar-refractivity contribution in [3.63, 3.8) is 0 Å². The highest BCUT2D eigenvalue weighted by atomic mass is 16.5. The van der Waals surface area contributed by atoms with E-state index in [9.17, 15) is 9.90 Å². The predicted octanol–water partition coefficient (Wildman–Crippen LogP) is 4.28. The lowest BCUT2D eigenvalue weighted by atomic mass is 9.83. The summed E-state index contributed by atoms with van der Waals surface area (Å²) >= 11 is 0. The summed E-state index contributed by atoms with van der Waals surface area (Å²) in [5, 5.41) is 10.4. The maximum atomic E-state index is 13.2. The Bertz CT molecular complexity index is 869. The number of ether oxygens (including phenoxy) is 3. The molecule has 0 saturated carbocycles. The maximum Gasteiger partial charge on any atom is 0.201 e. The molecule has 2 aromatic rings. The molecule has 5 nitrogen and oxygen atoms in total. The average Bonchev–Trinajstić information content (AvgIpc) is 2.67. The Labute approximate surface area is 159 Å². The summed E-state index contributed by atoms with van der Waals surface area (Å²) in [5.41, 5.74) is 2.22. The van der Waals surface area contributed by atoms with Crippen molar-refractivity contribution in [1.82, 2.24) is 0 Å². The van der Waals surface area contributed by atoms with Crippen molar-refractivity contribution in [2.45, 2.75) is 26.2 Å². The summed E-state index contributed by atoms with van der Waals surface area (Å²) in [7, 11) is 1.57. The van der Waals surface area contributed by atoms with E-state index in [-0.39, 0.29) is 23.7 Å². The van der Waals surface area contributed by atoms with E-state index in [1.54, 1.807) is 25.3 Å². The van der Waals surface area contributed by atoms with Gasteiger partial charge in [0.25, 0.3) is 0 Å². The molecule has 0 saturated heterocycles. The molecule has 0 bridgehead atoms. The van der Waals surface area contributed by atoms with Gasteiger partial charge in [0.15, 0.2) is 0 Å². The molecule has 0 aromatic heterocycles. The van der Waals surface area contributed by atoms with E-state index in [0.29, 0.717) is 41.4 Å². The monoisotopic (exact) mass is 368 g/mol. The molecule has 5 heteroatoms. The Morgan fingerprint density at radius 3 is 2.70 bits per heavy atom. The van der Waals surface area contributed by atoms with E-state index in [1.807, 2.05) is 6.07 Å². The number of phenols is 1. The minimum Gasteiger partial charge on any atom is -0.507 e. The molecule has 3 rings (SSSR count). The second-order valence-corrected chi connectivity index (χ2v) is 6.40. The first-order valence-corrected chi connectivity index (χ1v) is 9.07. The van der Waals surface area contributed by atoms with Crippen LogP contribution in [-0.2, 0) is 6.42 Å². The molecule has 0 spiro atoms. The van der Waals surface area contributed by atoms with Crippen LogP contribution in [0.4, 0.5) is 0 Å². The Kier molecular flexibility index (Phi) is 5.69. The molecule has 1 aliphatic carbocycles. The van der Waals surface area contributed by atoms with Gasteiger partial charge in [-0.15, -0.1) is 0 Å². The van der Waals surface area contributed by atoms with Crippen molar-refractivity contribution in [3.05, 3.63) is 59.2 Å². The SMILES string of the molecule is C=CCOc1cc(OC)cc2c1C(=O)c1c(O)ccc(OCCCC)c1C2. The summed E-state index contributed by atoms with van der Waals surface area (Å²) in [4.78, 5) is 13.2. The molecule has 0 heterocycles. The zero-order valence-electron chi connectivity index (χ0n) is 15.7. The number of ketones is 1. The molecule has 0 aliphatic heterocycles. The topological polar surface area (TPSA) is 65.0 Å². The summed E-state index contributed by atoms with van der Waals surface area (Å²) in [6, 6.07) is 6.74. The van der Waals surface area contributed by atoms with Crippen molar-refractivity contribution < 1.29 is 24.1 Å². The summed E-state index contributed by atoms with van der Waals surface area (Å²) in [6.45, 7) is 6.58. The normalized spacial score (nSPS) is 12.1. The fraction of sp³-hybridized carbons (Fsp3) is 0.318. The number of rotatable bonds is 8. The molecule has 0 amide bonds. The van der Waals surface area contributed by atoms with Gasteiger partial charge >= 0.3 is 0 Å². The van der Waals surface area contributed by atoms with Crippen LogP contribution >= 0.6 is 0 Å². The summed E-state index contributed by atoms with van der Waals surface area (Å²) in [6.07, 6.45) is 4.01. The van der Waals surface area contributed by atoms with E-state index in [4.69, 9.17) is 14.2 Å². The number of benzene rings is 2. The number of fused-ring (bicyclic) bond motifs is 2. The van der Waals surface area contributed by atoms with Gasteiger partial charge < -0.3 is 19.3 Å². The van der Waals surface area contributed by atoms with Crippen LogP contribution in [0.25, 0.3) is 0 Å². The second-order valence-electron chi connectivity index (χ2n) is 6.40. The van der Waals surface area contributed by atoms with Crippen LogP contribution in [0.2, 0.25) is 0 Å². The quantitative estimate of drug-likeness (QED) is 0.475. The van der Waals surface area contributed by atoms with E-state index in [0.717, 1.165) is 18.4 Å². The van der Waals surface area contributed by atoms with Crippen molar-refractivity contribution in [3.8, 4) is 23.0 Å². The fourth-order valence-electron chi connectivity index (χ4n) is 3.25. The molecule has 0 unspecified atom stereocenters. The van der Waals surface area contributed by atoms with E-state index >= 15 is 0 Å². The number of methoxy groups -OCH3 is 1. The highest BCUT2D eigenvalue weighted by molar-refractivity contribution is 6.16. The molecule has 0 atom stereocenters. The fourth-order valence-corrected chi connectivity index (χ4v) is 3.25. The lowest BCUT2D eigenvalue weighted by molar-refractivity contribution is 0.102. The molecule has 0 radical (unpaired) electrons. The number of unbranched alkanes of at least 4 members (excludes halogenated alkanes) is 1. The number of carbonyl (C=O) groups excluding carboxylic acids is 1. The predicted molar refractivity (Wildman–Crippen MR) is 103 cm³/mol. The van der Waals surface area contributed by atoms with Gasteiger partial charge in [-0.2, -0.15) is 0 Å². The van der Waals surface area contributed by atoms with E-state index < -0.39 is 0 Å². The number of hydrogen-bond donors (Lipinski definition) is 1. The van der Waals surface area contributed by atoms with Crippen LogP contribution in [0.1, 0.15) is 46.8 Å². The van der Waals surface area contributed by atoms with Crippen molar-refractivity contribution in [2.75, 3.05) is 20.3 Å². The standard InChI is InChI=1S/C22H24O5/c1-4-6-10-27-18-8-7-17(23)21-16(18)12-14-11-15(25-3)13-19(26-9-5-2)20(14)22(21)24/h5,7-8,11,13,23H,2,4,6,9-10,12H2,1,3H3. The molecular weight excluding hydrogens is 344 g/mol. The largest absolute Gasteiger partial charge is 0.507 e. The molecule has 1 aliphatic rings. The van der Waals surface area contributed by atoms with Gasteiger partial charge in [-0.25, -0.2) is 0 Å². The first-order chi connectivity index (χ1) is 13.1.